The second kappa shape index (κ2) is 8.00. The lowest BCUT2D eigenvalue weighted by Gasteiger charge is -2.29. The Hall–Kier alpha value is -1.59. The maximum absolute atomic E-state index is 11.5. The van der Waals surface area contributed by atoms with E-state index in [0.29, 0.717) is 12.1 Å². The van der Waals surface area contributed by atoms with Gasteiger partial charge in [-0.3, -0.25) is 4.79 Å². The summed E-state index contributed by atoms with van der Waals surface area (Å²) in [6, 6.07) is 8.26. The number of benzene rings is 1. The first kappa shape index (κ1) is 15.8. The molecule has 1 saturated carbocycles. The van der Waals surface area contributed by atoms with Gasteiger partial charge in [-0.15, -0.1) is 0 Å². The molecule has 0 spiro atoms. The summed E-state index contributed by atoms with van der Waals surface area (Å²) in [5, 5.41) is 6.35. The number of hydrogen-bond donors (Lipinski definition) is 2. The summed E-state index contributed by atoms with van der Waals surface area (Å²) in [6.07, 6.45) is 4.82. The fraction of sp³-hybridized carbons (Fsp3) is 0.562. The zero-order valence-corrected chi connectivity index (χ0v) is 12.7. The Bertz CT molecular complexity index is 457. The van der Waals surface area contributed by atoms with Crippen LogP contribution in [-0.2, 0) is 14.3 Å². The van der Waals surface area contributed by atoms with E-state index in [2.05, 4.69) is 10.6 Å². The number of hydrogen-bond acceptors (Lipinski definition) is 4. The van der Waals surface area contributed by atoms with Crippen LogP contribution in [0.4, 0.5) is 11.4 Å². The van der Waals surface area contributed by atoms with Crippen LogP contribution in [0.25, 0.3) is 0 Å². The van der Waals surface area contributed by atoms with Gasteiger partial charge in [0.1, 0.15) is 6.61 Å². The summed E-state index contributed by atoms with van der Waals surface area (Å²) < 4.78 is 10.2. The molecule has 0 radical (unpaired) electrons. The van der Waals surface area contributed by atoms with E-state index < -0.39 is 0 Å². The summed E-state index contributed by atoms with van der Waals surface area (Å²) in [5.74, 6) is -0.143. The minimum atomic E-state index is -0.143. The lowest BCUT2D eigenvalue weighted by molar-refractivity contribution is -0.119. The molecule has 1 aromatic rings. The Morgan fingerprint density at radius 2 is 1.90 bits per heavy atom. The third-order valence-corrected chi connectivity index (χ3v) is 3.80. The van der Waals surface area contributed by atoms with Gasteiger partial charge in [-0.05, 0) is 43.9 Å². The molecule has 1 aliphatic rings. The van der Waals surface area contributed by atoms with E-state index in [1.54, 1.807) is 7.11 Å². The molecule has 5 heteroatoms. The Kier molecular flexibility index (Phi) is 6.02. The quantitative estimate of drug-likeness (QED) is 0.846. The average Bonchev–Trinajstić information content (AvgIpc) is 2.48. The maximum atomic E-state index is 11.5. The summed E-state index contributed by atoms with van der Waals surface area (Å²) in [7, 11) is 3.29. The van der Waals surface area contributed by atoms with E-state index in [4.69, 9.17) is 9.47 Å². The monoisotopic (exact) mass is 292 g/mol. The molecule has 0 saturated heterocycles. The Morgan fingerprint density at radius 3 is 2.57 bits per heavy atom. The predicted octanol–water partition coefficient (Wildman–Crippen LogP) is 2.64. The molecule has 0 atom stereocenters. The highest BCUT2D eigenvalue weighted by atomic mass is 16.5. The van der Waals surface area contributed by atoms with Crippen LogP contribution in [0, 0.1) is 0 Å². The molecule has 2 rings (SSSR count). The first-order valence-electron chi connectivity index (χ1n) is 7.39. The highest BCUT2D eigenvalue weighted by Crippen LogP contribution is 2.24. The van der Waals surface area contributed by atoms with Gasteiger partial charge >= 0.3 is 0 Å². The molecule has 0 unspecified atom stereocenters. The number of anilines is 2. The average molecular weight is 292 g/mol. The van der Waals surface area contributed by atoms with Gasteiger partial charge < -0.3 is 20.1 Å². The van der Waals surface area contributed by atoms with Crippen molar-refractivity contribution in [3.05, 3.63) is 24.3 Å². The standard InChI is InChI=1S/C16H24N2O3/c1-20-11-16(19)18-14-5-3-4-13(10-14)17-12-6-8-15(21-2)9-7-12/h3-5,10,12,15,17H,6-9,11H2,1-2H3,(H,18,19). The fourth-order valence-electron chi connectivity index (χ4n) is 2.69. The molecule has 0 aromatic heterocycles. The fourth-order valence-corrected chi connectivity index (χ4v) is 2.69. The zero-order valence-electron chi connectivity index (χ0n) is 12.7. The van der Waals surface area contributed by atoms with Gasteiger partial charge in [0.2, 0.25) is 5.91 Å². The topological polar surface area (TPSA) is 59.6 Å². The van der Waals surface area contributed by atoms with Crippen LogP contribution in [0.5, 0.6) is 0 Å². The first-order chi connectivity index (χ1) is 10.2. The van der Waals surface area contributed by atoms with Crippen molar-refractivity contribution < 1.29 is 14.3 Å². The molecule has 1 aliphatic carbocycles. The van der Waals surface area contributed by atoms with Crippen molar-refractivity contribution in [2.24, 2.45) is 0 Å². The minimum absolute atomic E-state index is 0.0681. The van der Waals surface area contributed by atoms with Crippen molar-refractivity contribution in [3.8, 4) is 0 Å². The molecule has 5 nitrogen and oxygen atoms in total. The Morgan fingerprint density at radius 1 is 1.19 bits per heavy atom. The van der Waals surface area contributed by atoms with Gasteiger partial charge in [-0.2, -0.15) is 0 Å². The van der Waals surface area contributed by atoms with Crippen LogP contribution in [0.15, 0.2) is 24.3 Å². The molecule has 1 fully saturated rings. The second-order valence-corrected chi connectivity index (χ2v) is 5.42. The number of amides is 1. The van der Waals surface area contributed by atoms with Crippen LogP contribution in [0.2, 0.25) is 0 Å². The van der Waals surface area contributed by atoms with Crippen molar-refractivity contribution in [2.75, 3.05) is 31.5 Å². The normalized spacial score (nSPS) is 21.8. The number of nitrogens with one attached hydrogen (secondary N) is 2. The van der Waals surface area contributed by atoms with Crippen LogP contribution < -0.4 is 10.6 Å². The molecule has 1 amide bonds. The summed E-state index contributed by atoms with van der Waals surface area (Å²) >= 11 is 0. The van der Waals surface area contributed by atoms with Gasteiger partial charge in [-0.25, -0.2) is 0 Å². The van der Waals surface area contributed by atoms with E-state index in [-0.39, 0.29) is 12.5 Å². The van der Waals surface area contributed by atoms with Gasteiger partial charge in [0.25, 0.3) is 0 Å². The minimum Gasteiger partial charge on any atom is -0.382 e. The number of methoxy groups -OCH3 is 2. The smallest absolute Gasteiger partial charge is 0.250 e. The summed E-state index contributed by atoms with van der Waals surface area (Å²) in [4.78, 5) is 11.5. The number of carbonyl (C=O) groups is 1. The largest absolute Gasteiger partial charge is 0.382 e. The van der Waals surface area contributed by atoms with E-state index in [1.165, 1.54) is 7.11 Å². The Labute approximate surface area is 126 Å². The van der Waals surface area contributed by atoms with E-state index in [1.807, 2.05) is 24.3 Å². The summed E-state index contributed by atoms with van der Waals surface area (Å²) in [6.45, 7) is 0.0681. The number of ether oxygens (including phenoxy) is 2. The summed E-state index contributed by atoms with van der Waals surface area (Å²) in [5.41, 5.74) is 1.82. The Balaban J connectivity index is 1.88. The number of carbonyl (C=O) groups excluding carboxylic acids is 1. The van der Waals surface area contributed by atoms with Gasteiger partial charge in [-0.1, -0.05) is 6.07 Å². The molecule has 0 aliphatic heterocycles. The lowest BCUT2D eigenvalue weighted by Crippen LogP contribution is -2.29. The van der Waals surface area contributed by atoms with Crippen molar-refractivity contribution in [1.29, 1.82) is 0 Å². The molecule has 116 valence electrons. The maximum Gasteiger partial charge on any atom is 0.250 e. The number of rotatable bonds is 6. The van der Waals surface area contributed by atoms with E-state index in [0.717, 1.165) is 37.1 Å². The molecule has 21 heavy (non-hydrogen) atoms. The van der Waals surface area contributed by atoms with Gasteiger partial charge in [0, 0.05) is 31.6 Å². The van der Waals surface area contributed by atoms with Crippen LogP contribution in [-0.4, -0.2) is 38.9 Å². The predicted molar refractivity (Wildman–Crippen MR) is 83.6 cm³/mol. The van der Waals surface area contributed by atoms with Crippen molar-refractivity contribution in [1.82, 2.24) is 0 Å². The lowest BCUT2D eigenvalue weighted by atomic mass is 9.93. The first-order valence-corrected chi connectivity index (χ1v) is 7.39. The molecular formula is C16H24N2O3. The highest BCUT2D eigenvalue weighted by Gasteiger charge is 2.20. The second-order valence-electron chi connectivity index (χ2n) is 5.42. The highest BCUT2D eigenvalue weighted by molar-refractivity contribution is 5.92. The van der Waals surface area contributed by atoms with Gasteiger partial charge in [0.05, 0.1) is 6.10 Å². The molecule has 0 bridgehead atoms. The molecular weight excluding hydrogens is 268 g/mol. The van der Waals surface area contributed by atoms with E-state index >= 15 is 0 Å². The molecule has 0 heterocycles. The van der Waals surface area contributed by atoms with Crippen molar-refractivity contribution in [3.63, 3.8) is 0 Å². The molecule has 1 aromatic carbocycles. The van der Waals surface area contributed by atoms with Crippen LogP contribution in [0.1, 0.15) is 25.7 Å². The third kappa shape index (κ3) is 5.02. The van der Waals surface area contributed by atoms with Crippen LogP contribution in [0.3, 0.4) is 0 Å². The third-order valence-electron chi connectivity index (χ3n) is 3.80. The SMILES string of the molecule is COCC(=O)Nc1cccc(NC2CCC(OC)CC2)c1. The van der Waals surface area contributed by atoms with Crippen molar-refractivity contribution >= 4 is 17.3 Å². The zero-order chi connectivity index (χ0) is 15.1. The van der Waals surface area contributed by atoms with Crippen molar-refractivity contribution in [2.45, 2.75) is 37.8 Å². The van der Waals surface area contributed by atoms with Crippen LogP contribution >= 0.6 is 0 Å². The van der Waals surface area contributed by atoms with E-state index in [9.17, 15) is 4.79 Å². The van der Waals surface area contributed by atoms with Gasteiger partial charge in [0.15, 0.2) is 0 Å². The molecule has 2 N–H and O–H groups in total.